The topological polar surface area (TPSA) is 119 Å². The average molecular weight is 447 g/mol. The highest BCUT2D eigenvalue weighted by Crippen LogP contribution is 2.23. The SMILES string of the molecule is CCn1c(=O)c2cnc(Nc3ccc4c(c3)CCNC4)nc2n1-c1cccc(C(O)OC)n1. The molecule has 5 rings (SSSR count). The third-order valence-corrected chi connectivity index (χ3v) is 5.77. The quantitative estimate of drug-likeness (QED) is 0.384. The molecule has 0 fully saturated rings. The number of benzene rings is 1. The van der Waals surface area contributed by atoms with Crippen molar-refractivity contribution < 1.29 is 9.84 Å². The summed E-state index contributed by atoms with van der Waals surface area (Å²) in [5.41, 5.74) is 4.04. The number of hydrogen-bond acceptors (Lipinski definition) is 8. The maximum atomic E-state index is 13.0. The number of aromatic nitrogens is 5. The summed E-state index contributed by atoms with van der Waals surface area (Å²) in [6.07, 6.45) is 1.34. The monoisotopic (exact) mass is 447 g/mol. The van der Waals surface area contributed by atoms with Gasteiger partial charge in [0.25, 0.3) is 5.56 Å². The third kappa shape index (κ3) is 3.88. The summed E-state index contributed by atoms with van der Waals surface area (Å²) in [4.78, 5) is 26.5. The number of hydrogen-bond donors (Lipinski definition) is 3. The van der Waals surface area contributed by atoms with E-state index < -0.39 is 6.29 Å². The minimum Gasteiger partial charge on any atom is -0.363 e. The predicted molar refractivity (Wildman–Crippen MR) is 124 cm³/mol. The number of rotatable bonds is 6. The Morgan fingerprint density at radius 3 is 2.94 bits per heavy atom. The fourth-order valence-electron chi connectivity index (χ4n) is 4.11. The highest BCUT2D eigenvalue weighted by Gasteiger charge is 2.19. The van der Waals surface area contributed by atoms with E-state index in [1.54, 1.807) is 27.6 Å². The molecule has 3 N–H and O–H groups in total. The van der Waals surface area contributed by atoms with Crippen LogP contribution >= 0.6 is 0 Å². The first-order chi connectivity index (χ1) is 16.1. The largest absolute Gasteiger partial charge is 0.363 e. The second kappa shape index (κ2) is 8.74. The first kappa shape index (κ1) is 21.3. The smallest absolute Gasteiger partial charge is 0.278 e. The fourth-order valence-corrected chi connectivity index (χ4v) is 4.11. The van der Waals surface area contributed by atoms with Gasteiger partial charge in [0.2, 0.25) is 5.95 Å². The molecule has 0 radical (unpaired) electrons. The molecule has 10 heteroatoms. The van der Waals surface area contributed by atoms with Crippen LogP contribution in [0.1, 0.15) is 30.0 Å². The van der Waals surface area contributed by atoms with Crippen LogP contribution in [0, 0.1) is 0 Å². The molecule has 0 spiro atoms. The highest BCUT2D eigenvalue weighted by molar-refractivity contribution is 5.77. The lowest BCUT2D eigenvalue weighted by atomic mass is 10.0. The van der Waals surface area contributed by atoms with Crippen molar-refractivity contribution in [1.82, 2.24) is 29.6 Å². The number of methoxy groups -OCH3 is 1. The molecule has 1 aliphatic heterocycles. The normalized spacial score (nSPS) is 14.3. The molecule has 33 heavy (non-hydrogen) atoms. The molecule has 1 atom stereocenters. The van der Waals surface area contributed by atoms with Crippen LogP contribution in [0.2, 0.25) is 0 Å². The molecule has 0 saturated heterocycles. The van der Waals surface area contributed by atoms with Gasteiger partial charge in [-0.2, -0.15) is 4.98 Å². The molecule has 1 unspecified atom stereocenters. The number of fused-ring (bicyclic) bond motifs is 2. The Labute approximate surface area is 189 Å². The van der Waals surface area contributed by atoms with Crippen LogP contribution in [-0.4, -0.2) is 43.1 Å². The summed E-state index contributed by atoms with van der Waals surface area (Å²) in [6.45, 7) is 4.12. The summed E-state index contributed by atoms with van der Waals surface area (Å²) in [7, 11) is 1.40. The number of anilines is 2. The van der Waals surface area contributed by atoms with E-state index in [1.807, 2.05) is 13.0 Å². The van der Waals surface area contributed by atoms with E-state index in [-0.39, 0.29) is 5.56 Å². The van der Waals surface area contributed by atoms with E-state index >= 15 is 0 Å². The number of pyridine rings is 1. The van der Waals surface area contributed by atoms with E-state index in [0.717, 1.165) is 25.2 Å². The van der Waals surface area contributed by atoms with Gasteiger partial charge in [-0.05, 0) is 55.3 Å². The van der Waals surface area contributed by atoms with E-state index in [0.29, 0.717) is 35.0 Å². The molecule has 4 aromatic rings. The second-order valence-corrected chi connectivity index (χ2v) is 7.81. The Morgan fingerprint density at radius 1 is 1.24 bits per heavy atom. The van der Waals surface area contributed by atoms with Crippen molar-refractivity contribution in [3.8, 4) is 5.82 Å². The van der Waals surface area contributed by atoms with Gasteiger partial charge in [-0.25, -0.2) is 19.3 Å². The van der Waals surface area contributed by atoms with Crippen molar-refractivity contribution in [1.29, 1.82) is 0 Å². The molecule has 0 saturated carbocycles. The van der Waals surface area contributed by atoms with Crippen LogP contribution in [0.3, 0.4) is 0 Å². The number of aliphatic hydroxyl groups excluding tert-OH is 1. The van der Waals surface area contributed by atoms with E-state index in [4.69, 9.17) is 4.74 Å². The molecule has 1 aliphatic rings. The molecule has 10 nitrogen and oxygen atoms in total. The van der Waals surface area contributed by atoms with Crippen LogP contribution < -0.4 is 16.2 Å². The van der Waals surface area contributed by atoms with Gasteiger partial charge in [-0.15, -0.1) is 0 Å². The lowest BCUT2D eigenvalue weighted by molar-refractivity contribution is -0.0798. The first-order valence-electron chi connectivity index (χ1n) is 10.9. The molecule has 4 heterocycles. The summed E-state index contributed by atoms with van der Waals surface area (Å²) in [6, 6.07) is 11.4. The zero-order valence-electron chi connectivity index (χ0n) is 18.4. The van der Waals surface area contributed by atoms with Crippen LogP contribution in [-0.2, 0) is 24.2 Å². The van der Waals surface area contributed by atoms with Gasteiger partial charge in [0.15, 0.2) is 17.8 Å². The Bertz CT molecular complexity index is 1380. The van der Waals surface area contributed by atoms with Gasteiger partial charge < -0.3 is 20.5 Å². The van der Waals surface area contributed by atoms with Crippen molar-refractivity contribution >= 4 is 22.7 Å². The van der Waals surface area contributed by atoms with Crippen LogP contribution in [0.5, 0.6) is 0 Å². The average Bonchev–Trinajstić information content (AvgIpc) is 3.14. The Morgan fingerprint density at radius 2 is 2.12 bits per heavy atom. The molecule has 1 aromatic carbocycles. The van der Waals surface area contributed by atoms with Gasteiger partial charge in [-0.1, -0.05) is 12.1 Å². The van der Waals surface area contributed by atoms with E-state index in [1.165, 1.54) is 24.4 Å². The second-order valence-electron chi connectivity index (χ2n) is 7.81. The highest BCUT2D eigenvalue weighted by atomic mass is 16.6. The molecule has 0 amide bonds. The third-order valence-electron chi connectivity index (χ3n) is 5.77. The van der Waals surface area contributed by atoms with Crippen molar-refractivity contribution in [2.45, 2.75) is 32.7 Å². The fraction of sp³-hybridized carbons (Fsp3) is 0.304. The lowest BCUT2D eigenvalue weighted by Crippen LogP contribution is -2.23. The summed E-state index contributed by atoms with van der Waals surface area (Å²) < 4.78 is 8.17. The zero-order chi connectivity index (χ0) is 22.9. The standard InChI is InChI=1S/C23H25N7O3/c1-3-29-21(31)17-13-25-23(26-16-8-7-15-12-24-10-9-14(15)11-16)28-20(17)30(29)19-6-4-5-18(27-19)22(32)33-2/h4-8,11,13,22,24,32H,3,9-10,12H2,1-2H3,(H,25,26,28). The minimum absolute atomic E-state index is 0.208. The van der Waals surface area contributed by atoms with Gasteiger partial charge in [0.1, 0.15) is 5.39 Å². The van der Waals surface area contributed by atoms with Crippen molar-refractivity contribution in [3.05, 3.63) is 69.8 Å². The van der Waals surface area contributed by atoms with Crippen LogP contribution in [0.15, 0.2) is 47.4 Å². The Hall–Kier alpha value is -3.60. The number of aliphatic hydroxyl groups is 1. The van der Waals surface area contributed by atoms with E-state index in [9.17, 15) is 9.90 Å². The van der Waals surface area contributed by atoms with E-state index in [2.05, 4.69) is 37.7 Å². The zero-order valence-corrected chi connectivity index (χ0v) is 18.4. The van der Waals surface area contributed by atoms with Crippen LogP contribution in [0.4, 0.5) is 11.6 Å². The predicted octanol–water partition coefficient (Wildman–Crippen LogP) is 2.02. The maximum Gasteiger partial charge on any atom is 0.278 e. The first-order valence-corrected chi connectivity index (χ1v) is 10.9. The number of ether oxygens (including phenoxy) is 1. The summed E-state index contributed by atoms with van der Waals surface area (Å²) in [5, 5.41) is 17.1. The minimum atomic E-state index is -1.17. The van der Waals surface area contributed by atoms with Gasteiger partial charge in [-0.3, -0.25) is 4.79 Å². The lowest BCUT2D eigenvalue weighted by Gasteiger charge is -2.18. The summed E-state index contributed by atoms with van der Waals surface area (Å²) >= 11 is 0. The number of nitrogens with one attached hydrogen (secondary N) is 2. The van der Waals surface area contributed by atoms with Crippen LogP contribution in [0.25, 0.3) is 16.9 Å². The van der Waals surface area contributed by atoms with Gasteiger partial charge in [0.05, 0.1) is 5.69 Å². The Balaban J connectivity index is 1.59. The Kier molecular flexibility index (Phi) is 5.63. The van der Waals surface area contributed by atoms with Gasteiger partial charge >= 0.3 is 0 Å². The van der Waals surface area contributed by atoms with Gasteiger partial charge in [0, 0.05) is 32.1 Å². The number of nitrogens with zero attached hydrogens (tertiary/aromatic N) is 5. The summed E-state index contributed by atoms with van der Waals surface area (Å²) in [5.74, 6) is 0.829. The van der Waals surface area contributed by atoms with Crippen molar-refractivity contribution in [2.24, 2.45) is 0 Å². The molecule has 170 valence electrons. The molecule has 3 aromatic heterocycles. The maximum absolute atomic E-state index is 13.0. The van der Waals surface area contributed by atoms with Crippen molar-refractivity contribution in [2.75, 3.05) is 19.0 Å². The molecule has 0 bridgehead atoms. The molecule has 0 aliphatic carbocycles. The molecular formula is C23H25N7O3. The molecular weight excluding hydrogens is 422 g/mol. The van der Waals surface area contributed by atoms with Crippen molar-refractivity contribution in [3.63, 3.8) is 0 Å².